The number of ether oxygens (including phenoxy) is 3. The topological polar surface area (TPSA) is 77.1 Å². The average Bonchev–Trinajstić information content (AvgIpc) is 3.06. The van der Waals surface area contributed by atoms with E-state index in [1.807, 2.05) is 31.2 Å². The lowest BCUT2D eigenvalue weighted by Crippen LogP contribution is -2.43. The Bertz CT molecular complexity index is 871. The zero-order chi connectivity index (χ0) is 20.3. The minimum absolute atomic E-state index is 0.0583. The van der Waals surface area contributed by atoms with E-state index in [9.17, 15) is 9.59 Å². The van der Waals surface area contributed by atoms with Crippen LogP contribution in [0.1, 0.15) is 22.8 Å². The van der Waals surface area contributed by atoms with Gasteiger partial charge in [-0.1, -0.05) is 18.2 Å². The number of nitrogens with one attached hydrogen (secondary N) is 1. The van der Waals surface area contributed by atoms with Crippen molar-refractivity contribution < 1.29 is 23.8 Å². The molecular weight excluding hydrogens is 360 g/mol. The Morgan fingerprint density at radius 2 is 1.71 bits per heavy atom. The number of anilines is 1. The zero-order valence-electron chi connectivity index (χ0n) is 16.4. The van der Waals surface area contributed by atoms with Crippen LogP contribution in [-0.2, 0) is 11.2 Å². The smallest absolute Gasteiger partial charge is 0.251 e. The van der Waals surface area contributed by atoms with E-state index < -0.39 is 5.91 Å². The predicted molar refractivity (Wildman–Crippen MR) is 106 cm³/mol. The van der Waals surface area contributed by atoms with Gasteiger partial charge in [-0.15, -0.1) is 0 Å². The molecule has 7 heteroatoms. The summed E-state index contributed by atoms with van der Waals surface area (Å²) in [5, 5.41) is 2.69. The van der Waals surface area contributed by atoms with E-state index in [0.29, 0.717) is 22.8 Å². The van der Waals surface area contributed by atoms with Gasteiger partial charge in [0.15, 0.2) is 11.5 Å². The van der Waals surface area contributed by atoms with Gasteiger partial charge in [0.1, 0.15) is 0 Å². The first-order valence-electron chi connectivity index (χ1n) is 8.98. The summed E-state index contributed by atoms with van der Waals surface area (Å²) in [4.78, 5) is 27.1. The molecule has 1 heterocycles. The molecule has 3 rings (SSSR count). The minimum Gasteiger partial charge on any atom is -0.493 e. The number of carbonyl (C=O) groups excluding carboxylic acids is 2. The van der Waals surface area contributed by atoms with Gasteiger partial charge < -0.3 is 24.4 Å². The molecule has 0 saturated carbocycles. The third-order valence-electron chi connectivity index (χ3n) is 4.80. The third kappa shape index (κ3) is 3.60. The van der Waals surface area contributed by atoms with E-state index in [4.69, 9.17) is 14.2 Å². The molecule has 1 aliphatic heterocycles. The number of fused-ring (bicyclic) bond motifs is 1. The van der Waals surface area contributed by atoms with Crippen molar-refractivity contribution in [2.45, 2.75) is 19.4 Å². The van der Waals surface area contributed by atoms with Gasteiger partial charge in [-0.05, 0) is 37.1 Å². The van der Waals surface area contributed by atoms with E-state index in [0.717, 1.165) is 17.7 Å². The van der Waals surface area contributed by atoms with Crippen molar-refractivity contribution >= 4 is 17.5 Å². The van der Waals surface area contributed by atoms with Crippen molar-refractivity contribution in [1.82, 2.24) is 5.32 Å². The maximum absolute atomic E-state index is 12.7. The van der Waals surface area contributed by atoms with Crippen LogP contribution >= 0.6 is 0 Å². The fourth-order valence-electron chi connectivity index (χ4n) is 3.50. The molecule has 7 nitrogen and oxygen atoms in total. The van der Waals surface area contributed by atoms with Gasteiger partial charge in [0.05, 0.1) is 27.9 Å². The van der Waals surface area contributed by atoms with Crippen molar-refractivity contribution in [3.05, 3.63) is 47.5 Å². The molecule has 0 radical (unpaired) electrons. The summed E-state index contributed by atoms with van der Waals surface area (Å²) < 4.78 is 15.8. The number of carbonyl (C=O) groups is 2. The van der Waals surface area contributed by atoms with Gasteiger partial charge in [-0.25, -0.2) is 0 Å². The number of methoxy groups -OCH3 is 3. The Morgan fingerprint density at radius 1 is 1.07 bits per heavy atom. The van der Waals surface area contributed by atoms with Crippen molar-refractivity contribution in [3.8, 4) is 17.2 Å². The molecule has 148 valence electrons. The largest absolute Gasteiger partial charge is 0.493 e. The highest BCUT2D eigenvalue weighted by Crippen LogP contribution is 2.38. The number of benzene rings is 2. The van der Waals surface area contributed by atoms with Crippen LogP contribution in [0.4, 0.5) is 5.69 Å². The molecule has 0 bridgehead atoms. The Balaban J connectivity index is 1.73. The van der Waals surface area contributed by atoms with E-state index in [1.54, 1.807) is 17.0 Å². The molecule has 1 N–H and O–H groups in total. The first-order valence-corrected chi connectivity index (χ1v) is 8.98. The molecule has 0 aliphatic carbocycles. The van der Waals surface area contributed by atoms with Crippen LogP contribution in [0.2, 0.25) is 0 Å². The molecule has 0 spiro atoms. The minimum atomic E-state index is -0.396. The second-order valence-corrected chi connectivity index (χ2v) is 6.54. The quantitative estimate of drug-likeness (QED) is 0.828. The van der Waals surface area contributed by atoms with Crippen LogP contribution < -0.4 is 24.4 Å². The highest BCUT2D eigenvalue weighted by molar-refractivity contribution is 6.02. The SMILES string of the molecule is COc1cc(C(=O)NCC(=O)N2c3ccccc3CC2C)cc(OC)c1OC. The van der Waals surface area contributed by atoms with Crippen LogP contribution in [0, 0.1) is 0 Å². The molecule has 1 aliphatic rings. The van der Waals surface area contributed by atoms with Crippen LogP contribution in [0.25, 0.3) is 0 Å². The molecule has 2 aromatic rings. The summed E-state index contributed by atoms with van der Waals surface area (Å²) in [5.74, 6) is 0.604. The van der Waals surface area contributed by atoms with Crippen molar-refractivity contribution in [2.75, 3.05) is 32.8 Å². The average molecular weight is 384 g/mol. The molecule has 1 atom stereocenters. The normalized spacial score (nSPS) is 15.0. The molecule has 0 aromatic heterocycles. The summed E-state index contributed by atoms with van der Waals surface area (Å²) in [6.45, 7) is 1.90. The van der Waals surface area contributed by atoms with Crippen LogP contribution in [0.5, 0.6) is 17.2 Å². The summed E-state index contributed by atoms with van der Waals surface area (Å²) in [6.07, 6.45) is 0.808. The van der Waals surface area contributed by atoms with Crippen molar-refractivity contribution in [3.63, 3.8) is 0 Å². The maximum atomic E-state index is 12.7. The lowest BCUT2D eigenvalue weighted by atomic mass is 10.1. The fourth-order valence-corrected chi connectivity index (χ4v) is 3.50. The van der Waals surface area contributed by atoms with Crippen LogP contribution in [-0.4, -0.2) is 45.7 Å². The van der Waals surface area contributed by atoms with E-state index in [1.165, 1.54) is 21.3 Å². The highest BCUT2D eigenvalue weighted by atomic mass is 16.5. The summed E-state index contributed by atoms with van der Waals surface area (Å²) >= 11 is 0. The van der Waals surface area contributed by atoms with Gasteiger partial charge in [0.2, 0.25) is 11.7 Å². The van der Waals surface area contributed by atoms with Gasteiger partial charge in [-0.2, -0.15) is 0 Å². The number of hydrogen-bond acceptors (Lipinski definition) is 5. The summed E-state index contributed by atoms with van der Waals surface area (Å²) in [5.41, 5.74) is 2.36. The number of nitrogens with zero attached hydrogens (tertiary/aromatic N) is 1. The standard InChI is InChI=1S/C21H24N2O5/c1-13-9-14-7-5-6-8-16(14)23(13)19(24)12-22-21(25)15-10-17(26-2)20(28-4)18(11-15)27-3/h5-8,10-11,13H,9,12H2,1-4H3,(H,22,25). The Kier molecular flexibility index (Phi) is 5.73. The summed E-state index contributed by atoms with van der Waals surface area (Å²) in [6, 6.07) is 11.0. The molecular formula is C21H24N2O5. The van der Waals surface area contributed by atoms with E-state index >= 15 is 0 Å². The molecule has 2 aromatic carbocycles. The Morgan fingerprint density at radius 3 is 2.32 bits per heavy atom. The Labute approximate surface area is 164 Å². The van der Waals surface area contributed by atoms with E-state index in [-0.39, 0.29) is 18.5 Å². The second-order valence-electron chi connectivity index (χ2n) is 6.54. The molecule has 28 heavy (non-hydrogen) atoms. The zero-order valence-corrected chi connectivity index (χ0v) is 16.4. The highest BCUT2D eigenvalue weighted by Gasteiger charge is 2.30. The maximum Gasteiger partial charge on any atom is 0.251 e. The summed E-state index contributed by atoms with van der Waals surface area (Å²) in [7, 11) is 4.46. The Hall–Kier alpha value is -3.22. The van der Waals surface area contributed by atoms with Crippen LogP contribution in [0.3, 0.4) is 0 Å². The van der Waals surface area contributed by atoms with E-state index in [2.05, 4.69) is 5.32 Å². The molecule has 0 fully saturated rings. The molecule has 2 amide bonds. The van der Waals surface area contributed by atoms with Crippen LogP contribution in [0.15, 0.2) is 36.4 Å². The van der Waals surface area contributed by atoms with Crippen molar-refractivity contribution in [1.29, 1.82) is 0 Å². The molecule has 1 unspecified atom stereocenters. The van der Waals surface area contributed by atoms with Gasteiger partial charge in [-0.3, -0.25) is 9.59 Å². The number of hydrogen-bond donors (Lipinski definition) is 1. The lowest BCUT2D eigenvalue weighted by Gasteiger charge is -2.23. The molecule has 0 saturated heterocycles. The first-order chi connectivity index (χ1) is 13.5. The third-order valence-corrected chi connectivity index (χ3v) is 4.80. The first kappa shape index (κ1) is 19.5. The van der Waals surface area contributed by atoms with Gasteiger partial charge in [0, 0.05) is 17.3 Å². The number of amides is 2. The lowest BCUT2D eigenvalue weighted by molar-refractivity contribution is -0.118. The van der Waals surface area contributed by atoms with Gasteiger partial charge in [0.25, 0.3) is 5.91 Å². The second kappa shape index (κ2) is 8.21. The fraction of sp³-hybridized carbons (Fsp3) is 0.333. The number of para-hydroxylation sites is 1. The monoisotopic (exact) mass is 384 g/mol. The van der Waals surface area contributed by atoms with Gasteiger partial charge >= 0.3 is 0 Å². The predicted octanol–water partition coefficient (Wildman–Crippen LogP) is 2.42. The number of rotatable bonds is 6. The van der Waals surface area contributed by atoms with Crippen molar-refractivity contribution in [2.24, 2.45) is 0 Å².